The van der Waals surface area contributed by atoms with Gasteiger partial charge in [0.05, 0.1) is 5.69 Å². The Morgan fingerprint density at radius 2 is 1.56 bits per heavy atom. The van der Waals surface area contributed by atoms with Gasteiger partial charge >= 0.3 is 6.03 Å². The average Bonchev–Trinajstić information content (AvgIpc) is 3.24. The number of para-hydroxylation sites is 1. The van der Waals surface area contributed by atoms with Gasteiger partial charge in [0.1, 0.15) is 0 Å². The number of nitrogens with zero attached hydrogens (tertiary/aromatic N) is 3. The third kappa shape index (κ3) is 3.82. The maximum Gasteiger partial charge on any atom is 0.323 e. The Hall–Kier alpha value is -4.00. The smallest absolute Gasteiger partial charge is 0.308 e. The molecule has 0 fully saturated rings. The van der Waals surface area contributed by atoms with E-state index >= 15 is 0 Å². The fourth-order valence-corrected chi connectivity index (χ4v) is 2.74. The van der Waals surface area contributed by atoms with Gasteiger partial charge in [-0.1, -0.05) is 54.6 Å². The number of anilines is 2. The van der Waals surface area contributed by atoms with Crippen LogP contribution in [0.25, 0.3) is 22.5 Å². The lowest BCUT2D eigenvalue weighted by Gasteiger charge is -2.12. The molecular weight excluding hydrogens is 340 g/mol. The van der Waals surface area contributed by atoms with Gasteiger partial charge in [0.25, 0.3) is 0 Å². The highest BCUT2D eigenvalue weighted by molar-refractivity contribution is 6.02. The number of amides is 2. The summed E-state index contributed by atoms with van der Waals surface area (Å²) >= 11 is 0. The summed E-state index contributed by atoms with van der Waals surface area (Å²) < 4.78 is 0. The molecular formula is C20H16N6O. The van der Waals surface area contributed by atoms with Gasteiger partial charge < -0.3 is 10.6 Å². The van der Waals surface area contributed by atoms with Crippen molar-refractivity contribution < 1.29 is 4.79 Å². The highest BCUT2D eigenvalue weighted by Gasteiger charge is 2.13. The maximum absolute atomic E-state index is 12.4. The van der Waals surface area contributed by atoms with Crippen molar-refractivity contribution in [1.82, 2.24) is 20.6 Å². The van der Waals surface area contributed by atoms with E-state index in [1.807, 2.05) is 78.9 Å². The number of aromatic nitrogens is 4. The van der Waals surface area contributed by atoms with Crippen LogP contribution in [0, 0.1) is 0 Å². The molecule has 0 spiro atoms. The SMILES string of the molecule is O=C(Nc1ccccc1)Nc1ccc(-c2ccccc2)cc1-c1nnn[nH]1. The first-order valence-electron chi connectivity index (χ1n) is 8.36. The molecule has 1 aromatic heterocycles. The number of carbonyl (C=O) groups is 1. The van der Waals surface area contributed by atoms with Gasteiger partial charge in [-0.3, -0.25) is 0 Å². The lowest BCUT2D eigenvalue weighted by atomic mass is 10.0. The van der Waals surface area contributed by atoms with Crippen LogP contribution in [0.3, 0.4) is 0 Å². The Morgan fingerprint density at radius 3 is 2.26 bits per heavy atom. The first kappa shape index (κ1) is 16.5. The molecule has 0 unspecified atom stereocenters. The van der Waals surface area contributed by atoms with E-state index in [0.717, 1.165) is 11.1 Å². The predicted octanol–water partition coefficient (Wildman–Crippen LogP) is 4.18. The molecule has 0 atom stereocenters. The Kier molecular flexibility index (Phi) is 4.57. The molecule has 0 aliphatic rings. The first-order valence-corrected chi connectivity index (χ1v) is 8.36. The number of urea groups is 1. The fourth-order valence-electron chi connectivity index (χ4n) is 2.74. The molecule has 1 heterocycles. The van der Waals surface area contributed by atoms with Crippen molar-refractivity contribution >= 4 is 17.4 Å². The highest BCUT2D eigenvalue weighted by Crippen LogP contribution is 2.30. The van der Waals surface area contributed by atoms with E-state index in [2.05, 4.69) is 31.3 Å². The molecule has 3 aromatic carbocycles. The van der Waals surface area contributed by atoms with E-state index in [9.17, 15) is 4.79 Å². The monoisotopic (exact) mass is 356 g/mol. The highest BCUT2D eigenvalue weighted by atomic mass is 16.2. The van der Waals surface area contributed by atoms with Crippen LogP contribution >= 0.6 is 0 Å². The normalized spacial score (nSPS) is 10.4. The molecule has 4 aromatic rings. The molecule has 4 rings (SSSR count). The van der Waals surface area contributed by atoms with Crippen molar-refractivity contribution in [3.05, 3.63) is 78.9 Å². The lowest BCUT2D eigenvalue weighted by Crippen LogP contribution is -2.19. The topological polar surface area (TPSA) is 95.6 Å². The second-order valence-electron chi connectivity index (χ2n) is 5.82. The van der Waals surface area contributed by atoms with Crippen LogP contribution < -0.4 is 10.6 Å². The summed E-state index contributed by atoms with van der Waals surface area (Å²) in [4.78, 5) is 12.4. The van der Waals surface area contributed by atoms with Crippen molar-refractivity contribution in [2.45, 2.75) is 0 Å². The zero-order valence-electron chi connectivity index (χ0n) is 14.3. The van der Waals surface area contributed by atoms with Gasteiger partial charge in [0.2, 0.25) is 0 Å². The van der Waals surface area contributed by atoms with E-state index in [0.29, 0.717) is 22.8 Å². The summed E-state index contributed by atoms with van der Waals surface area (Å²) in [6.07, 6.45) is 0. The predicted molar refractivity (Wildman–Crippen MR) is 104 cm³/mol. The van der Waals surface area contributed by atoms with Gasteiger partial charge in [-0.05, 0) is 45.8 Å². The number of hydrogen-bond donors (Lipinski definition) is 3. The van der Waals surface area contributed by atoms with Crippen molar-refractivity contribution in [1.29, 1.82) is 0 Å². The lowest BCUT2D eigenvalue weighted by molar-refractivity contribution is 0.262. The summed E-state index contributed by atoms with van der Waals surface area (Å²) in [5.41, 5.74) is 4.06. The van der Waals surface area contributed by atoms with Crippen molar-refractivity contribution in [3.63, 3.8) is 0 Å². The number of nitrogens with one attached hydrogen (secondary N) is 3. The van der Waals surface area contributed by atoms with E-state index in [1.54, 1.807) is 0 Å². The van der Waals surface area contributed by atoms with Crippen LogP contribution in [0.15, 0.2) is 78.9 Å². The molecule has 0 saturated carbocycles. The molecule has 7 heteroatoms. The minimum Gasteiger partial charge on any atom is -0.308 e. The third-order valence-corrected chi connectivity index (χ3v) is 4.01. The maximum atomic E-state index is 12.4. The second-order valence-corrected chi connectivity index (χ2v) is 5.82. The molecule has 2 amide bonds. The van der Waals surface area contributed by atoms with E-state index < -0.39 is 0 Å². The molecule has 7 nitrogen and oxygen atoms in total. The van der Waals surface area contributed by atoms with Crippen molar-refractivity contribution in [3.8, 4) is 22.5 Å². The van der Waals surface area contributed by atoms with Crippen LogP contribution in [0.1, 0.15) is 0 Å². The van der Waals surface area contributed by atoms with Gasteiger partial charge in [-0.2, -0.15) is 0 Å². The first-order chi connectivity index (χ1) is 13.3. The van der Waals surface area contributed by atoms with Crippen LogP contribution in [-0.4, -0.2) is 26.7 Å². The summed E-state index contributed by atoms with van der Waals surface area (Å²) in [5.74, 6) is 0.475. The largest absolute Gasteiger partial charge is 0.323 e. The third-order valence-electron chi connectivity index (χ3n) is 4.01. The quantitative estimate of drug-likeness (QED) is 0.511. The number of carbonyl (C=O) groups excluding carboxylic acids is 1. The van der Waals surface area contributed by atoms with Gasteiger partial charge in [-0.25, -0.2) is 9.89 Å². The number of H-pyrrole nitrogens is 1. The molecule has 132 valence electrons. The molecule has 0 bridgehead atoms. The van der Waals surface area contributed by atoms with Crippen molar-refractivity contribution in [2.75, 3.05) is 10.6 Å². The van der Waals surface area contributed by atoms with Crippen LogP contribution in [0.4, 0.5) is 16.2 Å². The minimum absolute atomic E-state index is 0.345. The Labute approximate surface area is 155 Å². The minimum atomic E-state index is -0.345. The molecule has 27 heavy (non-hydrogen) atoms. The average molecular weight is 356 g/mol. The van der Waals surface area contributed by atoms with Crippen molar-refractivity contribution in [2.24, 2.45) is 0 Å². The molecule has 3 N–H and O–H groups in total. The summed E-state index contributed by atoms with van der Waals surface area (Å²) in [7, 11) is 0. The van der Waals surface area contributed by atoms with E-state index in [-0.39, 0.29) is 6.03 Å². The zero-order chi connectivity index (χ0) is 18.5. The fraction of sp³-hybridized carbons (Fsp3) is 0. The summed E-state index contributed by atoms with van der Waals surface area (Å²) in [5, 5.41) is 19.7. The van der Waals surface area contributed by atoms with E-state index in [1.165, 1.54) is 0 Å². The number of aromatic amines is 1. The molecule has 0 radical (unpaired) electrons. The van der Waals surface area contributed by atoms with Gasteiger partial charge in [-0.15, -0.1) is 5.10 Å². The van der Waals surface area contributed by atoms with E-state index in [4.69, 9.17) is 0 Å². The number of benzene rings is 3. The Morgan fingerprint density at radius 1 is 0.815 bits per heavy atom. The zero-order valence-corrected chi connectivity index (χ0v) is 14.3. The molecule has 0 saturated heterocycles. The Bertz CT molecular complexity index is 1030. The van der Waals surface area contributed by atoms with Crippen LogP contribution in [0.5, 0.6) is 0 Å². The number of hydrogen-bond acceptors (Lipinski definition) is 4. The summed E-state index contributed by atoms with van der Waals surface area (Å²) in [6, 6.07) is 24.6. The second kappa shape index (κ2) is 7.49. The van der Waals surface area contributed by atoms with Crippen LogP contribution in [-0.2, 0) is 0 Å². The number of tetrazole rings is 1. The molecule has 0 aliphatic heterocycles. The molecule has 0 aliphatic carbocycles. The standard InChI is InChI=1S/C20H16N6O/c27-20(21-16-9-5-2-6-10-16)22-18-12-11-15(14-7-3-1-4-8-14)13-17(18)19-23-25-26-24-19/h1-13H,(H2,21,22,27)(H,23,24,25,26). The van der Waals surface area contributed by atoms with Crippen LogP contribution in [0.2, 0.25) is 0 Å². The van der Waals surface area contributed by atoms with Gasteiger partial charge in [0, 0.05) is 11.3 Å². The Balaban J connectivity index is 1.65. The number of rotatable bonds is 4. The summed E-state index contributed by atoms with van der Waals surface area (Å²) in [6.45, 7) is 0. The van der Waals surface area contributed by atoms with Gasteiger partial charge in [0.15, 0.2) is 5.82 Å².